The van der Waals surface area contributed by atoms with Gasteiger partial charge in [-0.25, -0.2) is 4.79 Å². The molecule has 0 aliphatic rings. The summed E-state index contributed by atoms with van der Waals surface area (Å²) in [5.74, 6) is -1.01. The van der Waals surface area contributed by atoms with Gasteiger partial charge >= 0.3 is 12.1 Å². The molecule has 0 radical (unpaired) electrons. The number of amides is 1. The minimum Gasteiger partial charge on any atom is -0.480 e. The van der Waals surface area contributed by atoms with Gasteiger partial charge in [0.05, 0.1) is 0 Å². The third-order valence-corrected chi connectivity index (χ3v) is 3.26. The number of ether oxygens (including phenoxy) is 1. The fourth-order valence-electron chi connectivity index (χ4n) is 2.16. The van der Waals surface area contributed by atoms with E-state index < -0.39 is 17.7 Å². The number of carboxylic acids is 1. The van der Waals surface area contributed by atoms with Crippen LogP contribution < -0.4 is 0 Å². The maximum atomic E-state index is 12.0. The van der Waals surface area contributed by atoms with Crippen LogP contribution >= 0.6 is 0 Å². The number of aliphatic carboxylic acids is 1. The van der Waals surface area contributed by atoms with Gasteiger partial charge in [-0.2, -0.15) is 0 Å². The SMILES string of the molecule is CCCCCCCCCCN(CC(=O)O)C(=O)OC(C)(C)C. The van der Waals surface area contributed by atoms with Gasteiger partial charge in [0.25, 0.3) is 0 Å². The summed E-state index contributed by atoms with van der Waals surface area (Å²) < 4.78 is 5.25. The van der Waals surface area contributed by atoms with E-state index >= 15 is 0 Å². The number of rotatable bonds is 11. The highest BCUT2D eigenvalue weighted by atomic mass is 16.6. The standard InChI is InChI=1S/C17H33NO4/c1-5-6-7-8-9-10-11-12-13-18(14-15(19)20)16(21)22-17(2,3)4/h5-14H2,1-4H3,(H,19,20). The van der Waals surface area contributed by atoms with E-state index in [9.17, 15) is 9.59 Å². The van der Waals surface area contributed by atoms with Crippen molar-refractivity contribution >= 4 is 12.1 Å². The number of carbonyl (C=O) groups is 2. The molecule has 0 heterocycles. The van der Waals surface area contributed by atoms with Crippen LogP contribution in [0.5, 0.6) is 0 Å². The van der Waals surface area contributed by atoms with Crippen LogP contribution in [0.4, 0.5) is 4.79 Å². The minimum atomic E-state index is -1.01. The van der Waals surface area contributed by atoms with Gasteiger partial charge in [-0.1, -0.05) is 51.9 Å². The Labute approximate surface area is 135 Å². The van der Waals surface area contributed by atoms with Crippen molar-refractivity contribution in [2.24, 2.45) is 0 Å². The second-order valence-corrected chi connectivity index (χ2v) is 6.77. The predicted molar refractivity (Wildman–Crippen MR) is 88.1 cm³/mol. The Balaban J connectivity index is 4.00. The first-order valence-electron chi connectivity index (χ1n) is 8.46. The number of hydrogen-bond acceptors (Lipinski definition) is 3. The number of unbranched alkanes of at least 4 members (excludes halogenated alkanes) is 7. The Bertz CT molecular complexity index is 323. The third-order valence-electron chi connectivity index (χ3n) is 3.26. The summed E-state index contributed by atoms with van der Waals surface area (Å²) in [4.78, 5) is 24.1. The molecule has 0 unspecified atom stereocenters. The predicted octanol–water partition coefficient (Wildman–Crippen LogP) is 4.45. The topological polar surface area (TPSA) is 66.8 Å². The monoisotopic (exact) mass is 315 g/mol. The van der Waals surface area contributed by atoms with E-state index in [0.717, 1.165) is 19.3 Å². The average molecular weight is 315 g/mol. The van der Waals surface area contributed by atoms with Crippen molar-refractivity contribution in [3.8, 4) is 0 Å². The highest BCUT2D eigenvalue weighted by molar-refractivity contribution is 5.76. The molecule has 0 saturated carbocycles. The Kier molecular flexibility index (Phi) is 10.7. The number of hydrogen-bond donors (Lipinski definition) is 1. The van der Waals surface area contributed by atoms with Crippen LogP contribution in [-0.2, 0) is 9.53 Å². The molecule has 0 saturated heterocycles. The molecular formula is C17H33NO4. The fraction of sp³-hybridized carbons (Fsp3) is 0.882. The molecule has 1 amide bonds. The molecule has 5 nitrogen and oxygen atoms in total. The van der Waals surface area contributed by atoms with Crippen molar-refractivity contribution in [3.05, 3.63) is 0 Å². The van der Waals surface area contributed by atoms with Gasteiger partial charge in [0.15, 0.2) is 0 Å². The molecule has 0 bridgehead atoms. The molecule has 22 heavy (non-hydrogen) atoms. The lowest BCUT2D eigenvalue weighted by molar-refractivity contribution is -0.138. The molecule has 1 N–H and O–H groups in total. The molecule has 0 aromatic heterocycles. The Morgan fingerprint density at radius 3 is 1.91 bits per heavy atom. The molecule has 0 spiro atoms. The second-order valence-electron chi connectivity index (χ2n) is 6.77. The van der Waals surface area contributed by atoms with E-state index in [4.69, 9.17) is 9.84 Å². The molecule has 130 valence electrons. The van der Waals surface area contributed by atoms with Gasteiger partial charge in [-0.3, -0.25) is 9.69 Å². The zero-order valence-corrected chi connectivity index (χ0v) is 14.7. The summed E-state index contributed by atoms with van der Waals surface area (Å²) in [7, 11) is 0. The Morgan fingerprint density at radius 1 is 0.955 bits per heavy atom. The summed E-state index contributed by atoms with van der Waals surface area (Å²) >= 11 is 0. The fourth-order valence-corrected chi connectivity index (χ4v) is 2.16. The lowest BCUT2D eigenvalue weighted by Crippen LogP contribution is -2.40. The van der Waals surface area contributed by atoms with Crippen molar-refractivity contribution in [2.75, 3.05) is 13.1 Å². The maximum absolute atomic E-state index is 12.0. The van der Waals surface area contributed by atoms with Crippen LogP contribution in [0.1, 0.15) is 79.1 Å². The largest absolute Gasteiger partial charge is 0.480 e. The summed E-state index contributed by atoms with van der Waals surface area (Å²) in [5.41, 5.74) is -0.604. The number of carboxylic acid groups (broad SMARTS) is 1. The van der Waals surface area contributed by atoms with Gasteiger partial charge in [-0.05, 0) is 27.2 Å². The molecule has 5 heteroatoms. The molecule has 0 fully saturated rings. The van der Waals surface area contributed by atoms with Crippen LogP contribution in [0.3, 0.4) is 0 Å². The van der Waals surface area contributed by atoms with E-state index in [2.05, 4.69) is 6.92 Å². The first-order chi connectivity index (χ1) is 10.3. The molecule has 0 aromatic carbocycles. The maximum Gasteiger partial charge on any atom is 0.410 e. The lowest BCUT2D eigenvalue weighted by Gasteiger charge is -2.26. The number of nitrogens with zero attached hydrogens (tertiary/aromatic N) is 1. The van der Waals surface area contributed by atoms with E-state index in [1.165, 1.54) is 37.0 Å². The molecule has 0 aliphatic carbocycles. The lowest BCUT2D eigenvalue weighted by atomic mass is 10.1. The summed E-state index contributed by atoms with van der Waals surface area (Å²) in [6.45, 7) is 7.68. The van der Waals surface area contributed by atoms with Gasteiger partial charge in [0.2, 0.25) is 0 Å². The normalized spacial score (nSPS) is 11.3. The van der Waals surface area contributed by atoms with Crippen molar-refractivity contribution < 1.29 is 19.4 Å². The van der Waals surface area contributed by atoms with Gasteiger partial charge in [-0.15, -0.1) is 0 Å². The molecule has 0 atom stereocenters. The summed E-state index contributed by atoms with van der Waals surface area (Å²) in [6, 6.07) is 0. The Hall–Kier alpha value is -1.26. The van der Waals surface area contributed by atoms with Crippen molar-refractivity contribution in [1.82, 2.24) is 4.90 Å². The average Bonchev–Trinajstić information content (AvgIpc) is 2.38. The minimum absolute atomic E-state index is 0.300. The smallest absolute Gasteiger partial charge is 0.410 e. The zero-order valence-electron chi connectivity index (χ0n) is 14.7. The van der Waals surface area contributed by atoms with Crippen molar-refractivity contribution in [3.63, 3.8) is 0 Å². The van der Waals surface area contributed by atoms with Crippen LogP contribution in [0, 0.1) is 0 Å². The van der Waals surface area contributed by atoms with Crippen LogP contribution in [0.2, 0.25) is 0 Å². The molecule has 0 rings (SSSR count). The molecular weight excluding hydrogens is 282 g/mol. The van der Waals surface area contributed by atoms with Gasteiger partial charge in [0, 0.05) is 6.54 Å². The van der Waals surface area contributed by atoms with E-state index in [1.807, 2.05) is 0 Å². The van der Waals surface area contributed by atoms with Crippen molar-refractivity contribution in [2.45, 2.75) is 84.7 Å². The van der Waals surface area contributed by atoms with Crippen molar-refractivity contribution in [1.29, 1.82) is 0 Å². The molecule has 0 aromatic rings. The van der Waals surface area contributed by atoms with Gasteiger partial charge in [0.1, 0.15) is 12.1 Å². The highest BCUT2D eigenvalue weighted by Crippen LogP contribution is 2.12. The summed E-state index contributed by atoms with van der Waals surface area (Å²) in [5, 5.41) is 8.90. The zero-order chi connectivity index (χ0) is 17.0. The van der Waals surface area contributed by atoms with E-state index in [1.54, 1.807) is 20.8 Å². The first-order valence-corrected chi connectivity index (χ1v) is 8.46. The Morgan fingerprint density at radius 2 is 1.45 bits per heavy atom. The first kappa shape index (κ1) is 20.7. The van der Waals surface area contributed by atoms with E-state index in [-0.39, 0.29) is 6.54 Å². The quantitative estimate of drug-likeness (QED) is 0.572. The van der Waals surface area contributed by atoms with Crippen LogP contribution in [0.25, 0.3) is 0 Å². The third kappa shape index (κ3) is 12.5. The van der Waals surface area contributed by atoms with Gasteiger partial charge < -0.3 is 9.84 Å². The van der Waals surface area contributed by atoms with E-state index in [0.29, 0.717) is 6.54 Å². The molecule has 0 aliphatic heterocycles. The number of carbonyl (C=O) groups excluding carboxylic acids is 1. The van der Waals surface area contributed by atoms with Crippen LogP contribution in [0.15, 0.2) is 0 Å². The highest BCUT2D eigenvalue weighted by Gasteiger charge is 2.23. The second kappa shape index (κ2) is 11.3. The van der Waals surface area contributed by atoms with Crippen LogP contribution in [-0.4, -0.2) is 40.8 Å². The summed E-state index contributed by atoms with van der Waals surface area (Å²) in [6.07, 6.45) is 8.75.